The van der Waals surface area contributed by atoms with E-state index in [1.165, 1.54) is 25.3 Å². The van der Waals surface area contributed by atoms with Crippen LogP contribution in [0.5, 0.6) is 0 Å². The van der Waals surface area contributed by atoms with Crippen molar-refractivity contribution < 1.29 is 98.4 Å². The minimum absolute atomic E-state index is 0.407. The average Bonchev–Trinajstić information content (AvgIpc) is 1.64. The predicted octanol–water partition coefficient (Wildman–Crippen LogP) is 6.07. The molecule has 145 heavy (non-hydrogen) atoms. The molecule has 15 heterocycles. The summed E-state index contributed by atoms with van der Waals surface area (Å²) in [6.07, 6.45) is 33.2. The molecule has 10 aromatic rings. The van der Waals surface area contributed by atoms with Gasteiger partial charge in [-0.3, -0.25) is 22.8 Å². The summed E-state index contributed by atoms with van der Waals surface area (Å²) >= 11 is 0. The van der Waals surface area contributed by atoms with Crippen LogP contribution in [-0.4, -0.2) is 470 Å². The molecule has 50 heteroatoms. The third-order valence-corrected chi connectivity index (χ3v) is 32.1. The van der Waals surface area contributed by atoms with Crippen LogP contribution in [0.3, 0.4) is 0 Å². The van der Waals surface area contributed by atoms with Gasteiger partial charge in [-0.25, -0.2) is 69.8 Å². The number of pyridine rings is 1. The number of aliphatic hydroxyl groups excluding tert-OH is 10. The number of nitrogens with zero attached hydrogens (tertiary/aromatic N) is 19. The zero-order chi connectivity index (χ0) is 105. The van der Waals surface area contributed by atoms with Crippen LogP contribution >= 0.6 is 34.4 Å². The number of hydrogen-bond donors (Lipinski definition) is 16. The highest BCUT2D eigenvalue weighted by molar-refractivity contribution is 7.73. The fourth-order valence-electron chi connectivity index (χ4n) is 16.7. The fraction of sp³-hybridized carbons (Fsp3) is 0.674. The van der Waals surface area contributed by atoms with E-state index in [0.717, 1.165) is 81.7 Å². The van der Waals surface area contributed by atoms with Crippen molar-refractivity contribution in [1.29, 1.82) is 0 Å². The molecule has 0 aromatic carbocycles. The number of nitrogens with two attached hydrogens (primary N) is 1. The molecule has 0 amide bonds. The zero-order valence-corrected chi connectivity index (χ0v) is 91.0. The molecule has 5 fully saturated rings. The lowest BCUT2D eigenvalue weighted by molar-refractivity contribution is -0.0353. The van der Waals surface area contributed by atoms with Crippen molar-refractivity contribution in [2.75, 3.05) is 230 Å². The summed E-state index contributed by atoms with van der Waals surface area (Å²) in [7, 11) is 1.82. The van der Waals surface area contributed by atoms with Crippen LogP contribution in [0.4, 0.5) is 29.0 Å². The summed E-state index contributed by atoms with van der Waals surface area (Å²) in [5, 5.41) is 121. The molecule has 45 nitrogen and oxygen atoms in total. The number of anilines is 5. The Labute approximate surface area is 849 Å². The summed E-state index contributed by atoms with van der Waals surface area (Å²) in [6.45, 7) is 30.5. The highest BCUT2D eigenvalue weighted by atomic mass is 31.2. The van der Waals surface area contributed by atoms with Gasteiger partial charge in [0.15, 0.2) is 105 Å². The SMILES string of the molecule is C=P(C)(C)CC[C@H]1O[C@@H](n2cnc3c(NC)ccnc32)[C@H](O)[C@@H]1O.C=P(C)(C)CC[C@H]1O[C@@H](n2cnc3c(NCC)ncnc32)[C@H](O)[C@@H]1O.C=P(C)(C)CC[C@H]1O[C@@H](n2cnc3c(NCCC)ncnc32)[C@H](O)[C@@H]1O.C=P(C)(C)CC[C@H]1O[C@@H](n2cnc3c(NCCCC)ncnc32)[C@H](O)[C@@H]1O.C=P(C)(C)CC[C@H]1O[C@@H](n2cnc3c(NCCCOCCOCCOCCOCCOCCCN)ncnc32)[C@H](O)[C@@H]1O. The molecule has 0 spiro atoms. The molecule has 0 bridgehead atoms. The number of imidazole rings is 5. The molecule has 0 radical (unpaired) electrons. The van der Waals surface area contributed by atoms with E-state index in [1.807, 2.05) is 20.0 Å². The maximum Gasteiger partial charge on any atom is 0.167 e. The van der Waals surface area contributed by atoms with Crippen molar-refractivity contribution in [3.05, 3.63) is 69.2 Å². The number of rotatable bonds is 50. The smallest absolute Gasteiger partial charge is 0.167 e. The largest absolute Gasteiger partial charge is 0.388 e. The Morgan fingerprint density at radius 1 is 0.317 bits per heavy atom. The molecule has 5 saturated heterocycles. The van der Waals surface area contributed by atoms with Crippen molar-refractivity contribution in [3.63, 3.8) is 0 Å². The summed E-state index contributed by atoms with van der Waals surface area (Å²) in [5.74, 6) is 2.55. The first-order chi connectivity index (χ1) is 69.1. The third kappa shape index (κ3) is 33.2. The van der Waals surface area contributed by atoms with Gasteiger partial charge in [0.25, 0.3) is 0 Å². The summed E-state index contributed by atoms with van der Waals surface area (Å²) in [4.78, 5) is 60.6. The molecule has 20 atom stereocenters. The lowest BCUT2D eigenvalue weighted by Crippen LogP contribution is -2.31. The van der Waals surface area contributed by atoms with Gasteiger partial charge in [-0.15, -0.1) is 65.9 Å². The fourth-order valence-corrected chi connectivity index (χ4v) is 21.5. The van der Waals surface area contributed by atoms with Crippen LogP contribution in [0.2, 0.25) is 0 Å². The lowest BCUT2D eigenvalue weighted by Gasteiger charge is -2.18. The molecule has 15 rings (SSSR count). The molecular weight excluding hydrogens is 1970 g/mol. The van der Waals surface area contributed by atoms with Crippen molar-refractivity contribution >= 4 is 151 Å². The van der Waals surface area contributed by atoms with Crippen molar-refractivity contribution in [2.24, 2.45) is 5.73 Å². The van der Waals surface area contributed by atoms with Gasteiger partial charge in [0.2, 0.25) is 0 Å². The highest BCUT2D eigenvalue weighted by Gasteiger charge is 2.49. The Morgan fingerprint density at radius 2 is 0.572 bits per heavy atom. The third-order valence-electron chi connectivity index (χ3n) is 24.8. The van der Waals surface area contributed by atoms with Gasteiger partial charge in [0.1, 0.15) is 91.9 Å². The number of ether oxygens (including phenoxy) is 10. The lowest BCUT2D eigenvalue weighted by atomic mass is 10.1. The van der Waals surface area contributed by atoms with Crippen molar-refractivity contribution in [1.82, 2.24) is 92.6 Å². The van der Waals surface area contributed by atoms with Gasteiger partial charge in [0, 0.05) is 52.6 Å². The number of nitrogens with one attached hydrogen (secondary N) is 5. The Kier molecular flexibility index (Phi) is 45.1. The minimum atomic E-state index is -1.27. The number of aliphatic hydroxyl groups is 10. The Hall–Kier alpha value is -7.52. The summed E-state index contributed by atoms with van der Waals surface area (Å²) in [5.41, 5.74) is 12.2. The number of unbranched alkanes of at least 4 members (excludes halogenated alkanes) is 1. The first kappa shape index (κ1) is 118. The standard InChI is InChI=1S/C28H51N6O8P.C18H30N5O3P.C17H28N5O3P.C16H26N5O3P.C16H25N4O3P/c1-43(2,3)19-6-22-24(35)25(36)28(42-22)34-21-33-23-26(31-20-32-27(23)34)30-8-5-10-38-12-14-40-16-18-41-17-15-39-13-11-37-9-4-7-29;1-5-6-8-19-16-13-17(21-10-20-16)23(11-22-13)18-15(25)14(24)12(26-18)7-9-27(2,3)4;1-5-7-18-15-12-16(20-9-19-15)22(10-21-12)17-14(24)13(23)11(25-17)6-8-26(2,3)4;1-5-17-14-11-15(19-8-18-14)21(9-20-11)16-13(23)12(22)10(24-16)6-7-25(2,3)4;1-17-10-5-7-18-15-12(10)19-9-20(15)16-14(22)13(21)11(23-16)6-8-24(2,3)4/h20-22,24-25,28,35-36H,1,4-19,29H2,2-3H3,(H,30,31,32);10-12,14-15,18,24-25H,2,5-9H2,1,3-4H3,(H,19,20,21);9-11,13-14,17,23-24H,2,5-8H2,1,3-4H3,(H,18,19,20);8-10,12-13,16,22-23H,2,5-7H2,1,3-4H3,(H,17,18,19);5,7,9,11,13-14,16,21-22H,2,6,8H2,1,3-4H3,(H,17,18)/t22-,24-,25-,28-;12-,14-,15-,18-;11-,13-,14-,17-;10-,12-,13-,16-;11-,13-,14-,16-/m11111/s1. The van der Waals surface area contributed by atoms with Crippen LogP contribution in [0, 0.1) is 0 Å². The van der Waals surface area contributed by atoms with Crippen molar-refractivity contribution in [2.45, 2.75) is 208 Å². The summed E-state index contributed by atoms with van der Waals surface area (Å²) < 4.78 is 65.8. The van der Waals surface area contributed by atoms with Gasteiger partial charge < -0.3 is 131 Å². The minimum Gasteiger partial charge on any atom is -0.388 e. The Bertz CT molecular complexity index is 5900. The Balaban J connectivity index is 0.000000176. The van der Waals surface area contributed by atoms with Gasteiger partial charge in [0.05, 0.1) is 121 Å². The Morgan fingerprint density at radius 3 is 0.834 bits per heavy atom. The van der Waals surface area contributed by atoms with E-state index in [-0.39, 0.29) is 0 Å². The molecule has 5 aliphatic heterocycles. The normalized spacial score (nSPS) is 25.0. The predicted molar refractivity (Wildman–Crippen MR) is 582 cm³/mol. The van der Waals surface area contributed by atoms with Crippen LogP contribution in [-0.2, 0) is 47.4 Å². The number of aromatic nitrogens is 19. The van der Waals surface area contributed by atoms with E-state index >= 15 is 0 Å². The van der Waals surface area contributed by atoms with E-state index in [4.69, 9.17) is 53.1 Å². The van der Waals surface area contributed by atoms with E-state index in [2.05, 4.69) is 208 Å². The zero-order valence-electron chi connectivity index (χ0n) is 86.5. The second kappa shape index (κ2) is 55.5. The first-order valence-corrected chi connectivity index (χ1v) is 65.0. The quantitative estimate of drug-likeness (QED) is 0.0152. The molecule has 0 unspecified atom stereocenters. The van der Waals surface area contributed by atoms with E-state index in [1.54, 1.807) is 60.7 Å². The van der Waals surface area contributed by atoms with E-state index in [9.17, 15) is 51.1 Å². The van der Waals surface area contributed by atoms with Gasteiger partial charge in [-0.1, -0.05) is 20.3 Å². The van der Waals surface area contributed by atoms with Gasteiger partial charge in [-0.05, 0) is 175 Å². The van der Waals surface area contributed by atoms with E-state index in [0.29, 0.717) is 197 Å². The topological polar surface area (TPSA) is 586 Å². The number of fused-ring (bicyclic) bond motifs is 5. The molecule has 0 saturated carbocycles. The molecular formula is C95H160N25O20P5. The molecule has 810 valence electrons. The second-order valence-corrected chi connectivity index (χ2v) is 61.9. The van der Waals surface area contributed by atoms with Crippen LogP contribution in [0.15, 0.2) is 69.2 Å². The highest BCUT2D eigenvalue weighted by Crippen LogP contribution is 2.47. The monoisotopic (exact) mass is 2130 g/mol. The van der Waals surface area contributed by atoms with Crippen LogP contribution in [0.25, 0.3) is 55.8 Å². The maximum absolute atomic E-state index is 10.7. The van der Waals surface area contributed by atoms with Crippen LogP contribution < -0.4 is 32.3 Å². The molecule has 0 aliphatic carbocycles. The number of hydrogen-bond acceptors (Lipinski definition) is 40. The average molecular weight is 2130 g/mol. The second-order valence-electron chi connectivity index (χ2n) is 40.3. The molecule has 5 aliphatic rings. The molecule has 10 aromatic heterocycles. The van der Waals surface area contributed by atoms with Crippen LogP contribution in [0.1, 0.15) is 116 Å². The van der Waals surface area contributed by atoms with Crippen molar-refractivity contribution in [3.8, 4) is 0 Å². The molecule has 17 N–H and O–H groups in total. The first-order valence-electron chi connectivity index (χ1n) is 49.8. The summed E-state index contributed by atoms with van der Waals surface area (Å²) in [6, 6.07) is 1.84. The van der Waals surface area contributed by atoms with Gasteiger partial charge in [-0.2, -0.15) is 0 Å². The van der Waals surface area contributed by atoms with E-state index < -0.39 is 157 Å². The van der Waals surface area contributed by atoms with Gasteiger partial charge >= 0.3 is 0 Å². The maximum atomic E-state index is 10.7.